The standard InChI is InChI=1S/C26H20N4O5/c1-17-7-12-22(18-5-3-2-4-6-18)29(17)21-10-8-19(9-11-21)26(31)28-27-15-20-13-24-25(35-16-34-24)14-23(20)30(32)33/h2-15H,16H2,1H3,(H,28,31). The smallest absolute Gasteiger partial charge is 0.282 e. The summed E-state index contributed by atoms with van der Waals surface area (Å²) in [4.78, 5) is 23.4. The van der Waals surface area contributed by atoms with Crippen LogP contribution in [0.4, 0.5) is 5.69 Å². The maximum absolute atomic E-state index is 12.6. The number of amides is 1. The maximum atomic E-state index is 12.6. The van der Waals surface area contributed by atoms with Crippen LogP contribution in [0, 0.1) is 17.0 Å². The molecule has 9 nitrogen and oxygen atoms in total. The van der Waals surface area contributed by atoms with Gasteiger partial charge in [0.25, 0.3) is 11.6 Å². The maximum Gasteiger partial charge on any atom is 0.282 e. The Labute approximate surface area is 200 Å². The molecule has 3 aromatic carbocycles. The van der Waals surface area contributed by atoms with E-state index in [1.165, 1.54) is 18.3 Å². The summed E-state index contributed by atoms with van der Waals surface area (Å²) in [5.41, 5.74) is 6.93. The van der Waals surface area contributed by atoms with Gasteiger partial charge in [-0.2, -0.15) is 5.10 Å². The predicted octanol–water partition coefficient (Wildman–Crippen LogP) is 4.85. The lowest BCUT2D eigenvalue weighted by Crippen LogP contribution is -2.17. The number of nitro benzene ring substituents is 1. The molecule has 5 rings (SSSR count). The van der Waals surface area contributed by atoms with Crippen molar-refractivity contribution in [2.75, 3.05) is 6.79 Å². The number of fused-ring (bicyclic) bond motifs is 1. The number of nitrogens with one attached hydrogen (secondary N) is 1. The number of benzene rings is 3. The third-order valence-electron chi connectivity index (χ3n) is 5.62. The number of ether oxygens (including phenoxy) is 2. The second-order valence-electron chi connectivity index (χ2n) is 7.83. The zero-order valence-corrected chi connectivity index (χ0v) is 18.7. The fraction of sp³-hybridized carbons (Fsp3) is 0.0769. The molecule has 4 aromatic rings. The number of aryl methyl sites for hydroxylation is 1. The van der Waals surface area contributed by atoms with Gasteiger partial charge in [-0.05, 0) is 55.0 Å². The van der Waals surface area contributed by atoms with Gasteiger partial charge in [-0.1, -0.05) is 30.3 Å². The van der Waals surface area contributed by atoms with E-state index in [1.54, 1.807) is 12.1 Å². The van der Waals surface area contributed by atoms with Crippen LogP contribution in [0.3, 0.4) is 0 Å². The first-order chi connectivity index (χ1) is 17.0. The molecule has 1 amide bonds. The van der Waals surface area contributed by atoms with Crippen LogP contribution in [0.15, 0.2) is 84.0 Å². The van der Waals surface area contributed by atoms with E-state index in [1.807, 2.05) is 43.3 Å². The average Bonchev–Trinajstić information content (AvgIpc) is 3.50. The summed E-state index contributed by atoms with van der Waals surface area (Å²) in [7, 11) is 0. The molecular weight excluding hydrogens is 448 g/mol. The lowest BCUT2D eigenvalue weighted by atomic mass is 10.1. The highest BCUT2D eigenvalue weighted by atomic mass is 16.7. The molecule has 2 heterocycles. The van der Waals surface area contributed by atoms with Crippen molar-refractivity contribution in [3.63, 3.8) is 0 Å². The summed E-state index contributed by atoms with van der Waals surface area (Å²) in [6, 6.07) is 24.0. The molecule has 0 bridgehead atoms. The Morgan fingerprint density at radius 1 is 1.03 bits per heavy atom. The lowest BCUT2D eigenvalue weighted by molar-refractivity contribution is -0.385. The molecule has 1 aliphatic rings. The molecular formula is C26H20N4O5. The monoisotopic (exact) mass is 468 g/mol. The first kappa shape index (κ1) is 21.9. The van der Waals surface area contributed by atoms with Crippen LogP contribution in [0.1, 0.15) is 21.6 Å². The van der Waals surface area contributed by atoms with Gasteiger partial charge >= 0.3 is 0 Å². The molecule has 0 saturated heterocycles. The molecule has 0 unspecified atom stereocenters. The van der Waals surface area contributed by atoms with E-state index in [9.17, 15) is 14.9 Å². The minimum absolute atomic E-state index is 0.00477. The number of aromatic nitrogens is 1. The van der Waals surface area contributed by atoms with Crippen molar-refractivity contribution in [2.24, 2.45) is 5.10 Å². The van der Waals surface area contributed by atoms with Gasteiger partial charge in [-0.15, -0.1) is 0 Å². The third kappa shape index (κ3) is 4.34. The molecule has 174 valence electrons. The largest absolute Gasteiger partial charge is 0.454 e. The van der Waals surface area contributed by atoms with Gasteiger partial charge in [0.1, 0.15) is 0 Å². The van der Waals surface area contributed by atoms with Crippen LogP contribution in [-0.4, -0.2) is 28.4 Å². The molecule has 9 heteroatoms. The quantitative estimate of drug-likeness (QED) is 0.247. The van der Waals surface area contributed by atoms with Crippen LogP contribution < -0.4 is 14.9 Å². The van der Waals surface area contributed by atoms with Crippen molar-refractivity contribution < 1.29 is 19.2 Å². The highest BCUT2D eigenvalue weighted by Gasteiger charge is 2.22. The summed E-state index contributed by atoms with van der Waals surface area (Å²) in [5, 5.41) is 15.3. The highest BCUT2D eigenvalue weighted by molar-refractivity contribution is 5.95. The van der Waals surface area contributed by atoms with Gasteiger partial charge in [0.2, 0.25) is 6.79 Å². The van der Waals surface area contributed by atoms with E-state index in [-0.39, 0.29) is 18.0 Å². The predicted molar refractivity (Wildman–Crippen MR) is 130 cm³/mol. The molecule has 1 aromatic heterocycles. The lowest BCUT2D eigenvalue weighted by Gasteiger charge is -2.12. The minimum Gasteiger partial charge on any atom is -0.454 e. The van der Waals surface area contributed by atoms with Crippen LogP contribution in [0.2, 0.25) is 0 Å². The molecule has 0 radical (unpaired) electrons. The first-order valence-electron chi connectivity index (χ1n) is 10.8. The van der Waals surface area contributed by atoms with Crippen molar-refractivity contribution in [3.05, 3.63) is 106 Å². The second kappa shape index (κ2) is 9.14. The summed E-state index contributed by atoms with van der Waals surface area (Å²) >= 11 is 0. The van der Waals surface area contributed by atoms with Crippen molar-refractivity contribution >= 4 is 17.8 Å². The van der Waals surface area contributed by atoms with E-state index in [2.05, 4.69) is 33.3 Å². The number of hydrogen-bond donors (Lipinski definition) is 1. The zero-order valence-electron chi connectivity index (χ0n) is 18.7. The van der Waals surface area contributed by atoms with Crippen LogP contribution in [-0.2, 0) is 0 Å². The number of rotatable bonds is 6. The molecule has 1 N–H and O–H groups in total. The number of nitro groups is 1. The molecule has 0 spiro atoms. The fourth-order valence-corrected chi connectivity index (χ4v) is 3.91. The fourth-order valence-electron chi connectivity index (χ4n) is 3.91. The average molecular weight is 468 g/mol. The van der Waals surface area contributed by atoms with Crippen LogP contribution in [0.5, 0.6) is 11.5 Å². The Bertz CT molecular complexity index is 1440. The van der Waals surface area contributed by atoms with Crippen LogP contribution in [0.25, 0.3) is 16.9 Å². The van der Waals surface area contributed by atoms with E-state index < -0.39 is 10.8 Å². The number of carbonyl (C=O) groups excluding carboxylic acids is 1. The Hall–Kier alpha value is -4.92. The molecule has 0 atom stereocenters. The normalized spacial score (nSPS) is 12.1. The number of hydrazone groups is 1. The van der Waals surface area contributed by atoms with E-state index >= 15 is 0 Å². The highest BCUT2D eigenvalue weighted by Crippen LogP contribution is 2.37. The summed E-state index contributed by atoms with van der Waals surface area (Å²) in [6.45, 7) is 2.02. The molecule has 1 aliphatic heterocycles. The SMILES string of the molecule is Cc1ccc(-c2ccccc2)n1-c1ccc(C(=O)NN=Cc2cc3c(cc2[N+](=O)[O-])OCO3)cc1. The Balaban J connectivity index is 1.33. The Morgan fingerprint density at radius 3 is 2.46 bits per heavy atom. The van der Waals surface area contributed by atoms with Crippen LogP contribution >= 0.6 is 0 Å². The molecule has 0 fully saturated rings. The van der Waals surface area contributed by atoms with Gasteiger partial charge in [-0.3, -0.25) is 14.9 Å². The summed E-state index contributed by atoms with van der Waals surface area (Å²) in [5.74, 6) is 0.240. The van der Waals surface area contributed by atoms with Crippen molar-refractivity contribution in [1.82, 2.24) is 9.99 Å². The molecule has 35 heavy (non-hydrogen) atoms. The Morgan fingerprint density at radius 2 is 1.74 bits per heavy atom. The summed E-state index contributed by atoms with van der Waals surface area (Å²) in [6.07, 6.45) is 1.21. The van der Waals surface area contributed by atoms with Crippen molar-refractivity contribution in [2.45, 2.75) is 6.92 Å². The van der Waals surface area contributed by atoms with Gasteiger partial charge < -0.3 is 14.0 Å². The number of hydrogen-bond acceptors (Lipinski definition) is 6. The molecule has 0 saturated carbocycles. The topological polar surface area (TPSA) is 108 Å². The molecule has 0 aliphatic carbocycles. The van der Waals surface area contributed by atoms with Crippen molar-refractivity contribution in [3.8, 4) is 28.4 Å². The van der Waals surface area contributed by atoms with Gasteiger partial charge in [0.15, 0.2) is 11.5 Å². The minimum atomic E-state index is -0.545. The van der Waals surface area contributed by atoms with E-state index in [4.69, 9.17) is 9.47 Å². The van der Waals surface area contributed by atoms with E-state index in [0.29, 0.717) is 17.1 Å². The first-order valence-corrected chi connectivity index (χ1v) is 10.8. The summed E-state index contributed by atoms with van der Waals surface area (Å²) < 4.78 is 12.6. The van der Waals surface area contributed by atoms with Crippen molar-refractivity contribution in [1.29, 1.82) is 0 Å². The number of nitrogens with zero attached hydrogens (tertiary/aromatic N) is 3. The second-order valence-corrected chi connectivity index (χ2v) is 7.83. The van der Waals surface area contributed by atoms with E-state index in [0.717, 1.165) is 22.6 Å². The third-order valence-corrected chi connectivity index (χ3v) is 5.62. The van der Waals surface area contributed by atoms with Gasteiger partial charge in [0, 0.05) is 16.9 Å². The zero-order chi connectivity index (χ0) is 24.4. The number of carbonyl (C=O) groups is 1. The van der Waals surface area contributed by atoms with Gasteiger partial charge in [-0.25, -0.2) is 5.43 Å². The Kier molecular flexibility index (Phi) is 5.72. The van der Waals surface area contributed by atoms with Gasteiger partial charge in [0.05, 0.1) is 28.5 Å².